The molecule has 6 heteroatoms. The molecule has 5 nitrogen and oxygen atoms in total. The van der Waals surface area contributed by atoms with Crippen LogP contribution in [-0.2, 0) is 14.6 Å². The quantitative estimate of drug-likeness (QED) is 0.754. The van der Waals surface area contributed by atoms with E-state index in [2.05, 4.69) is 5.32 Å². The molecule has 1 rings (SSSR count). The van der Waals surface area contributed by atoms with E-state index in [1.54, 1.807) is 19.1 Å². The van der Waals surface area contributed by atoms with Gasteiger partial charge in [-0.1, -0.05) is 12.1 Å². The molecule has 0 saturated heterocycles. The minimum Gasteiger partial charge on any atom is -0.398 e. The molecule has 0 atom stereocenters. The molecule has 0 aliphatic rings. The lowest BCUT2D eigenvalue weighted by Gasteiger charge is -2.07. The van der Waals surface area contributed by atoms with Crippen molar-refractivity contribution < 1.29 is 13.2 Å². The highest BCUT2D eigenvalue weighted by atomic mass is 32.2. The maximum Gasteiger partial charge on any atom is 0.221 e. The van der Waals surface area contributed by atoms with Gasteiger partial charge in [0.15, 0.2) is 9.84 Å². The van der Waals surface area contributed by atoms with Gasteiger partial charge in [0, 0.05) is 13.0 Å². The molecule has 0 aliphatic carbocycles. The van der Waals surface area contributed by atoms with E-state index < -0.39 is 9.84 Å². The van der Waals surface area contributed by atoms with Crippen molar-refractivity contribution in [3.8, 4) is 0 Å². The van der Waals surface area contributed by atoms with Crippen LogP contribution >= 0.6 is 0 Å². The van der Waals surface area contributed by atoms with Crippen LogP contribution in [-0.4, -0.2) is 26.6 Å². The minimum atomic E-state index is -3.49. The zero-order valence-electron chi connectivity index (χ0n) is 9.64. The Morgan fingerprint density at radius 2 is 2.00 bits per heavy atom. The summed E-state index contributed by atoms with van der Waals surface area (Å²) in [7, 11) is -3.49. The number of rotatable bonds is 5. The smallest absolute Gasteiger partial charge is 0.221 e. The van der Waals surface area contributed by atoms with Crippen LogP contribution in [0.3, 0.4) is 0 Å². The van der Waals surface area contributed by atoms with E-state index in [1.807, 2.05) is 0 Å². The van der Waals surface area contributed by atoms with Crippen LogP contribution in [0.4, 0.5) is 5.69 Å². The fourth-order valence-electron chi connectivity index (χ4n) is 1.39. The van der Waals surface area contributed by atoms with E-state index >= 15 is 0 Å². The Morgan fingerprint density at radius 1 is 1.35 bits per heavy atom. The highest BCUT2D eigenvalue weighted by molar-refractivity contribution is 7.91. The fourth-order valence-corrected chi connectivity index (χ4v) is 2.77. The molecular weight excluding hydrogens is 240 g/mol. The monoisotopic (exact) mass is 256 g/mol. The van der Waals surface area contributed by atoms with Crippen LogP contribution in [0.5, 0.6) is 0 Å². The third-order valence-electron chi connectivity index (χ3n) is 2.23. The summed E-state index contributed by atoms with van der Waals surface area (Å²) in [5.41, 5.74) is 5.80. The predicted molar refractivity (Wildman–Crippen MR) is 66.2 cm³/mol. The molecule has 0 saturated carbocycles. The molecule has 0 bridgehead atoms. The van der Waals surface area contributed by atoms with Crippen molar-refractivity contribution in [3.05, 3.63) is 24.3 Å². The molecule has 94 valence electrons. The van der Waals surface area contributed by atoms with Crippen LogP contribution in [0.15, 0.2) is 29.2 Å². The summed E-state index contributed by atoms with van der Waals surface area (Å²) < 4.78 is 23.8. The average Bonchev–Trinajstić information content (AvgIpc) is 2.27. The second-order valence-corrected chi connectivity index (χ2v) is 5.64. The van der Waals surface area contributed by atoms with Crippen molar-refractivity contribution in [1.29, 1.82) is 0 Å². The van der Waals surface area contributed by atoms with Crippen molar-refractivity contribution in [2.75, 3.05) is 18.0 Å². The van der Waals surface area contributed by atoms with Gasteiger partial charge >= 0.3 is 0 Å². The highest BCUT2D eigenvalue weighted by Gasteiger charge is 2.18. The topological polar surface area (TPSA) is 89.3 Å². The number of para-hydroxylation sites is 1. The summed E-state index contributed by atoms with van der Waals surface area (Å²) in [6.45, 7) is 2.27. The number of nitrogens with one attached hydrogen (secondary N) is 1. The van der Waals surface area contributed by atoms with E-state index in [0.29, 0.717) is 6.54 Å². The van der Waals surface area contributed by atoms with Gasteiger partial charge in [0.2, 0.25) is 5.91 Å². The summed E-state index contributed by atoms with van der Waals surface area (Å²) in [6, 6.07) is 6.24. The first-order valence-corrected chi connectivity index (χ1v) is 6.96. The number of carbonyl (C=O) groups excluding carboxylic acids is 1. The Labute approximate surface area is 101 Å². The van der Waals surface area contributed by atoms with Gasteiger partial charge in [-0.2, -0.15) is 0 Å². The van der Waals surface area contributed by atoms with Crippen molar-refractivity contribution in [2.45, 2.75) is 18.2 Å². The van der Waals surface area contributed by atoms with E-state index in [0.717, 1.165) is 0 Å². The Hall–Kier alpha value is -1.56. The first-order chi connectivity index (χ1) is 7.97. The molecular formula is C11H16N2O3S. The third kappa shape index (κ3) is 3.74. The molecule has 3 N–H and O–H groups in total. The lowest BCUT2D eigenvalue weighted by molar-refractivity contribution is -0.120. The maximum absolute atomic E-state index is 11.9. The van der Waals surface area contributed by atoms with Crippen molar-refractivity contribution >= 4 is 21.4 Å². The van der Waals surface area contributed by atoms with Crippen LogP contribution in [0.25, 0.3) is 0 Å². The minimum absolute atomic E-state index is 0.0511. The number of carbonyl (C=O) groups is 1. The Morgan fingerprint density at radius 3 is 2.59 bits per heavy atom. The molecule has 1 aromatic rings. The Kier molecular flexibility index (Phi) is 4.51. The van der Waals surface area contributed by atoms with Crippen molar-refractivity contribution in [1.82, 2.24) is 5.32 Å². The first kappa shape index (κ1) is 13.5. The normalized spacial score (nSPS) is 11.1. The van der Waals surface area contributed by atoms with Gasteiger partial charge in [0.1, 0.15) is 0 Å². The number of sulfone groups is 1. The molecule has 0 heterocycles. The van der Waals surface area contributed by atoms with Crippen LogP contribution in [0, 0.1) is 0 Å². The lowest BCUT2D eigenvalue weighted by atomic mass is 10.3. The molecule has 17 heavy (non-hydrogen) atoms. The van der Waals surface area contributed by atoms with Crippen LogP contribution < -0.4 is 11.1 Å². The first-order valence-electron chi connectivity index (χ1n) is 5.31. The van der Waals surface area contributed by atoms with Gasteiger partial charge in [-0.15, -0.1) is 0 Å². The maximum atomic E-state index is 11.9. The number of amides is 1. The van der Waals surface area contributed by atoms with Gasteiger partial charge in [0.05, 0.1) is 16.3 Å². The van der Waals surface area contributed by atoms with E-state index in [-0.39, 0.29) is 28.7 Å². The number of benzene rings is 1. The fraction of sp³-hybridized carbons (Fsp3) is 0.364. The van der Waals surface area contributed by atoms with E-state index in [4.69, 9.17) is 5.73 Å². The summed E-state index contributed by atoms with van der Waals surface area (Å²) in [6.07, 6.45) is -0.0511. The summed E-state index contributed by atoms with van der Waals surface area (Å²) in [5, 5.41) is 2.55. The van der Waals surface area contributed by atoms with E-state index in [9.17, 15) is 13.2 Å². The van der Waals surface area contributed by atoms with Gasteiger partial charge < -0.3 is 11.1 Å². The zero-order valence-corrected chi connectivity index (χ0v) is 10.5. The van der Waals surface area contributed by atoms with Gasteiger partial charge in [-0.3, -0.25) is 4.79 Å². The molecule has 0 aliphatic heterocycles. The SMILES string of the molecule is CCNC(=O)CCS(=O)(=O)c1ccccc1N. The second-order valence-electron chi connectivity index (χ2n) is 3.56. The Balaban J connectivity index is 2.77. The summed E-state index contributed by atoms with van der Waals surface area (Å²) in [4.78, 5) is 11.3. The number of nitrogen functional groups attached to an aromatic ring is 1. The van der Waals surface area contributed by atoms with Gasteiger partial charge in [0.25, 0.3) is 0 Å². The standard InChI is InChI=1S/C11H16N2O3S/c1-2-13-11(14)7-8-17(15,16)10-6-4-3-5-9(10)12/h3-6H,2,7-8,12H2,1H3,(H,13,14). The average molecular weight is 256 g/mol. The van der Waals surface area contributed by atoms with Crippen molar-refractivity contribution in [3.63, 3.8) is 0 Å². The zero-order chi connectivity index (χ0) is 12.9. The summed E-state index contributed by atoms with van der Waals surface area (Å²) >= 11 is 0. The van der Waals surface area contributed by atoms with Gasteiger partial charge in [-0.25, -0.2) is 8.42 Å². The van der Waals surface area contributed by atoms with Crippen LogP contribution in [0.1, 0.15) is 13.3 Å². The van der Waals surface area contributed by atoms with Crippen molar-refractivity contribution in [2.24, 2.45) is 0 Å². The molecule has 0 radical (unpaired) electrons. The number of anilines is 1. The Bertz CT molecular complexity index is 497. The molecule has 0 aromatic heterocycles. The molecule has 1 aromatic carbocycles. The molecule has 0 unspecified atom stereocenters. The van der Waals surface area contributed by atoms with E-state index in [1.165, 1.54) is 12.1 Å². The largest absolute Gasteiger partial charge is 0.398 e. The highest BCUT2D eigenvalue weighted by Crippen LogP contribution is 2.19. The molecule has 0 fully saturated rings. The number of hydrogen-bond donors (Lipinski definition) is 2. The second kappa shape index (κ2) is 5.67. The predicted octanol–water partition coefficient (Wildman–Crippen LogP) is 0.569. The number of hydrogen-bond acceptors (Lipinski definition) is 4. The molecule has 0 spiro atoms. The third-order valence-corrected chi connectivity index (χ3v) is 4.01. The lowest BCUT2D eigenvalue weighted by Crippen LogP contribution is -2.25. The van der Waals surface area contributed by atoms with Crippen LogP contribution in [0.2, 0.25) is 0 Å². The van der Waals surface area contributed by atoms with Gasteiger partial charge in [-0.05, 0) is 19.1 Å². The number of nitrogens with two attached hydrogens (primary N) is 1. The molecule has 1 amide bonds. The summed E-state index contributed by atoms with van der Waals surface area (Å²) in [5.74, 6) is -0.502.